The molecule has 0 amide bonds. The molecule has 3 rings (SSSR count). The SMILES string of the molecule is O=c1c(I)c(O)c2cccc3c2n1CCC3. The topological polar surface area (TPSA) is 42.2 Å². The van der Waals surface area contributed by atoms with E-state index in [0.717, 1.165) is 35.9 Å². The normalized spacial score (nSPS) is 14.3. The van der Waals surface area contributed by atoms with Crippen LogP contribution in [0.15, 0.2) is 23.0 Å². The van der Waals surface area contributed by atoms with Gasteiger partial charge in [-0.2, -0.15) is 0 Å². The van der Waals surface area contributed by atoms with Crippen LogP contribution in [0.2, 0.25) is 0 Å². The summed E-state index contributed by atoms with van der Waals surface area (Å²) in [6.45, 7) is 0.753. The molecule has 16 heavy (non-hydrogen) atoms. The predicted molar refractivity (Wildman–Crippen MR) is 70.9 cm³/mol. The first kappa shape index (κ1) is 10.1. The van der Waals surface area contributed by atoms with E-state index in [0.29, 0.717) is 3.57 Å². The summed E-state index contributed by atoms with van der Waals surface area (Å²) in [5.41, 5.74) is 2.00. The highest BCUT2D eigenvalue weighted by atomic mass is 127. The number of rotatable bonds is 0. The van der Waals surface area contributed by atoms with E-state index >= 15 is 0 Å². The van der Waals surface area contributed by atoms with Crippen LogP contribution in [-0.2, 0) is 13.0 Å². The standard InChI is InChI=1S/C12H10INO2/c13-9-11(15)8-5-1-3-7-4-2-6-14(10(7)8)12(9)16/h1,3,5,15H,2,4,6H2. The fourth-order valence-corrected chi connectivity index (χ4v) is 2.97. The Hall–Kier alpha value is -1.04. The Morgan fingerprint density at radius 2 is 2.19 bits per heavy atom. The molecule has 1 aromatic carbocycles. The lowest BCUT2D eigenvalue weighted by molar-refractivity contribution is 0.473. The molecule has 0 spiro atoms. The Morgan fingerprint density at radius 1 is 1.38 bits per heavy atom. The molecule has 0 atom stereocenters. The molecule has 1 N–H and O–H groups in total. The van der Waals surface area contributed by atoms with Crippen LogP contribution in [0.5, 0.6) is 5.75 Å². The summed E-state index contributed by atoms with van der Waals surface area (Å²) < 4.78 is 2.21. The van der Waals surface area contributed by atoms with Gasteiger partial charge in [0.15, 0.2) is 0 Å². The van der Waals surface area contributed by atoms with Crippen LogP contribution in [0.4, 0.5) is 0 Å². The second-order valence-corrected chi connectivity index (χ2v) is 5.11. The van der Waals surface area contributed by atoms with Gasteiger partial charge in [-0.3, -0.25) is 4.79 Å². The van der Waals surface area contributed by atoms with Gasteiger partial charge in [0, 0.05) is 11.9 Å². The number of halogens is 1. The number of nitrogens with zero attached hydrogens (tertiary/aromatic N) is 1. The van der Waals surface area contributed by atoms with E-state index in [-0.39, 0.29) is 11.3 Å². The molecule has 1 aromatic heterocycles. The van der Waals surface area contributed by atoms with Crippen molar-refractivity contribution in [1.82, 2.24) is 4.57 Å². The summed E-state index contributed by atoms with van der Waals surface area (Å²) in [5, 5.41) is 10.8. The van der Waals surface area contributed by atoms with Gasteiger partial charge in [0.25, 0.3) is 5.56 Å². The smallest absolute Gasteiger partial charge is 0.268 e. The zero-order valence-electron chi connectivity index (χ0n) is 8.53. The summed E-state index contributed by atoms with van der Waals surface area (Å²) >= 11 is 1.92. The molecular formula is C12H10INO2. The van der Waals surface area contributed by atoms with Crippen LogP contribution in [0.3, 0.4) is 0 Å². The quantitative estimate of drug-likeness (QED) is 0.754. The molecule has 1 aliphatic heterocycles. The molecule has 82 valence electrons. The molecule has 2 heterocycles. The van der Waals surface area contributed by atoms with Crippen LogP contribution in [0.25, 0.3) is 10.9 Å². The van der Waals surface area contributed by atoms with Crippen LogP contribution in [0.1, 0.15) is 12.0 Å². The summed E-state index contributed by atoms with van der Waals surface area (Å²) in [4.78, 5) is 12.0. The van der Waals surface area contributed by atoms with Crippen molar-refractivity contribution in [3.8, 4) is 5.75 Å². The molecule has 0 saturated heterocycles. The van der Waals surface area contributed by atoms with Gasteiger partial charge in [-0.15, -0.1) is 0 Å². The largest absolute Gasteiger partial charge is 0.506 e. The Balaban J connectivity index is 2.62. The van der Waals surface area contributed by atoms with Gasteiger partial charge >= 0.3 is 0 Å². The number of pyridine rings is 1. The highest BCUT2D eigenvalue weighted by molar-refractivity contribution is 14.1. The third kappa shape index (κ3) is 1.22. The minimum atomic E-state index is -0.0715. The average molecular weight is 327 g/mol. The Bertz CT molecular complexity index is 645. The number of hydrogen-bond acceptors (Lipinski definition) is 2. The lowest BCUT2D eigenvalue weighted by Gasteiger charge is -2.20. The van der Waals surface area contributed by atoms with Crippen LogP contribution >= 0.6 is 22.6 Å². The first-order valence-electron chi connectivity index (χ1n) is 5.23. The van der Waals surface area contributed by atoms with E-state index in [2.05, 4.69) is 0 Å². The van der Waals surface area contributed by atoms with Crippen molar-refractivity contribution < 1.29 is 5.11 Å². The number of aromatic hydroxyl groups is 1. The second kappa shape index (κ2) is 3.48. The summed E-state index contributed by atoms with van der Waals surface area (Å²) in [5.74, 6) is 0.126. The molecule has 0 unspecified atom stereocenters. The first-order chi connectivity index (χ1) is 7.70. The summed E-state index contributed by atoms with van der Waals surface area (Å²) in [6, 6.07) is 5.84. The lowest BCUT2D eigenvalue weighted by Crippen LogP contribution is -2.26. The van der Waals surface area contributed by atoms with Gasteiger partial charge in [-0.05, 0) is 47.1 Å². The van der Waals surface area contributed by atoms with Crippen molar-refractivity contribution in [3.63, 3.8) is 0 Å². The monoisotopic (exact) mass is 327 g/mol. The molecule has 0 aliphatic carbocycles. The van der Waals surface area contributed by atoms with Crippen molar-refractivity contribution in [1.29, 1.82) is 0 Å². The molecule has 0 fully saturated rings. The summed E-state index contributed by atoms with van der Waals surface area (Å²) in [7, 11) is 0. The maximum Gasteiger partial charge on any atom is 0.268 e. The Morgan fingerprint density at radius 3 is 3.00 bits per heavy atom. The van der Waals surface area contributed by atoms with Gasteiger partial charge in [-0.25, -0.2) is 0 Å². The lowest BCUT2D eigenvalue weighted by atomic mass is 10.0. The van der Waals surface area contributed by atoms with Crippen molar-refractivity contribution in [2.24, 2.45) is 0 Å². The molecule has 0 radical (unpaired) electrons. The Labute approximate surface area is 106 Å². The Kier molecular flexibility index (Phi) is 2.20. The molecule has 0 bridgehead atoms. The van der Waals surface area contributed by atoms with E-state index in [1.165, 1.54) is 0 Å². The molecule has 0 saturated carbocycles. The zero-order chi connectivity index (χ0) is 11.3. The van der Waals surface area contributed by atoms with Gasteiger partial charge in [0.2, 0.25) is 0 Å². The molecule has 4 heteroatoms. The average Bonchev–Trinajstić information content (AvgIpc) is 2.33. The number of para-hydroxylation sites is 1. The third-order valence-electron chi connectivity index (χ3n) is 3.11. The van der Waals surface area contributed by atoms with Gasteiger partial charge < -0.3 is 9.67 Å². The predicted octanol–water partition coefficient (Wildman–Crippen LogP) is 2.26. The molecule has 2 aromatic rings. The van der Waals surface area contributed by atoms with Gasteiger partial charge in [0.05, 0.1) is 5.52 Å². The van der Waals surface area contributed by atoms with E-state index in [4.69, 9.17) is 0 Å². The molecule has 3 nitrogen and oxygen atoms in total. The van der Waals surface area contributed by atoms with Crippen molar-refractivity contribution in [2.45, 2.75) is 19.4 Å². The minimum absolute atomic E-state index is 0.0715. The number of aromatic nitrogens is 1. The van der Waals surface area contributed by atoms with Crippen molar-refractivity contribution in [2.75, 3.05) is 0 Å². The van der Waals surface area contributed by atoms with Gasteiger partial charge in [0.1, 0.15) is 9.32 Å². The van der Waals surface area contributed by atoms with Gasteiger partial charge in [-0.1, -0.05) is 12.1 Å². The van der Waals surface area contributed by atoms with Crippen molar-refractivity contribution in [3.05, 3.63) is 37.7 Å². The van der Waals surface area contributed by atoms with E-state index in [9.17, 15) is 9.90 Å². The number of aryl methyl sites for hydroxylation is 2. The number of benzene rings is 1. The number of hydrogen-bond donors (Lipinski definition) is 1. The third-order valence-corrected chi connectivity index (χ3v) is 4.09. The van der Waals surface area contributed by atoms with E-state index in [1.807, 2.05) is 40.8 Å². The maximum absolute atomic E-state index is 12.0. The fraction of sp³-hybridized carbons (Fsp3) is 0.250. The first-order valence-corrected chi connectivity index (χ1v) is 6.31. The highest BCUT2D eigenvalue weighted by Gasteiger charge is 2.18. The zero-order valence-corrected chi connectivity index (χ0v) is 10.7. The molecule has 1 aliphatic rings. The molecular weight excluding hydrogens is 317 g/mol. The van der Waals surface area contributed by atoms with Crippen molar-refractivity contribution >= 4 is 33.5 Å². The van der Waals surface area contributed by atoms with E-state index < -0.39 is 0 Å². The summed E-state index contributed by atoms with van der Waals surface area (Å²) in [6.07, 6.45) is 1.98. The van der Waals surface area contributed by atoms with Crippen LogP contribution in [0, 0.1) is 3.57 Å². The maximum atomic E-state index is 12.0. The second-order valence-electron chi connectivity index (χ2n) is 4.04. The fourth-order valence-electron chi connectivity index (χ4n) is 2.38. The van der Waals surface area contributed by atoms with Crippen LogP contribution < -0.4 is 5.56 Å². The van der Waals surface area contributed by atoms with Crippen LogP contribution in [-0.4, -0.2) is 9.67 Å². The minimum Gasteiger partial charge on any atom is -0.506 e. The highest BCUT2D eigenvalue weighted by Crippen LogP contribution is 2.31. The van der Waals surface area contributed by atoms with E-state index in [1.54, 1.807) is 4.57 Å².